The summed E-state index contributed by atoms with van der Waals surface area (Å²) >= 11 is 7.48. The number of esters is 1. The maximum atomic E-state index is 14.5. The van der Waals surface area contributed by atoms with Crippen molar-refractivity contribution in [1.29, 1.82) is 0 Å². The van der Waals surface area contributed by atoms with Crippen molar-refractivity contribution < 1.29 is 19.1 Å². The molecule has 1 heterocycles. The van der Waals surface area contributed by atoms with Gasteiger partial charge in [-0.1, -0.05) is 73.4 Å². The van der Waals surface area contributed by atoms with Gasteiger partial charge in [0, 0.05) is 23.2 Å². The van der Waals surface area contributed by atoms with Crippen LogP contribution in [-0.2, 0) is 19.1 Å². The highest BCUT2D eigenvalue weighted by Gasteiger charge is 2.77. The minimum atomic E-state index is -0.825. The molecule has 0 amide bonds. The van der Waals surface area contributed by atoms with E-state index in [2.05, 4.69) is 80.3 Å². The summed E-state index contributed by atoms with van der Waals surface area (Å²) in [5.41, 5.74) is -1.56. The average molecular weight is 624 g/mol. The van der Waals surface area contributed by atoms with Crippen LogP contribution in [0.15, 0.2) is 11.6 Å². The molecule has 0 aromatic rings. The van der Waals surface area contributed by atoms with Gasteiger partial charge in [0.2, 0.25) is 0 Å². The third-order valence-electron chi connectivity index (χ3n) is 13.1. The summed E-state index contributed by atoms with van der Waals surface area (Å²) in [4.78, 5) is 41.2. The molecule has 198 valence electrons. The van der Waals surface area contributed by atoms with Crippen LogP contribution in [0.2, 0.25) is 0 Å². The van der Waals surface area contributed by atoms with Gasteiger partial charge in [-0.05, 0) is 85.7 Å². The lowest BCUT2D eigenvalue weighted by atomic mass is 9.33. The van der Waals surface area contributed by atoms with Gasteiger partial charge < -0.3 is 4.74 Å². The molecule has 6 rings (SSSR count). The lowest BCUT2D eigenvalue weighted by Gasteiger charge is -2.71. The summed E-state index contributed by atoms with van der Waals surface area (Å²) in [5, 5.41) is 0. The van der Waals surface area contributed by atoms with Crippen molar-refractivity contribution in [2.75, 3.05) is 0 Å². The Kier molecular flexibility index (Phi) is 4.87. The number of fused-ring (bicyclic) bond motifs is 6. The van der Waals surface area contributed by atoms with Crippen molar-refractivity contribution >= 4 is 49.4 Å². The average Bonchev–Trinajstić information content (AvgIpc) is 2.98. The topological polar surface area (TPSA) is 60.4 Å². The molecule has 0 N–H and O–H groups in total. The van der Waals surface area contributed by atoms with Gasteiger partial charge in [0.05, 0.1) is 5.41 Å². The van der Waals surface area contributed by atoms with Crippen LogP contribution in [0.25, 0.3) is 0 Å². The lowest BCUT2D eigenvalue weighted by molar-refractivity contribution is -0.200. The van der Waals surface area contributed by atoms with E-state index in [0.29, 0.717) is 12.8 Å². The van der Waals surface area contributed by atoms with Crippen molar-refractivity contribution in [3.05, 3.63) is 11.6 Å². The number of rotatable bonds is 0. The first-order valence-electron chi connectivity index (χ1n) is 13.8. The molecule has 36 heavy (non-hydrogen) atoms. The van der Waals surface area contributed by atoms with E-state index in [1.807, 2.05) is 6.08 Å². The molecule has 6 heteroatoms. The van der Waals surface area contributed by atoms with Crippen LogP contribution in [0.4, 0.5) is 0 Å². The molecule has 0 unspecified atom stereocenters. The largest absolute Gasteiger partial charge is 0.453 e. The highest BCUT2D eigenvalue weighted by atomic mass is 79.9. The summed E-state index contributed by atoms with van der Waals surface area (Å²) in [7, 11) is 0. The normalized spacial score (nSPS) is 54.5. The summed E-state index contributed by atoms with van der Waals surface area (Å²) in [6, 6.07) is 0. The molecule has 4 nitrogen and oxygen atoms in total. The lowest BCUT2D eigenvalue weighted by Crippen LogP contribution is -2.70. The van der Waals surface area contributed by atoms with E-state index in [1.54, 1.807) is 0 Å². The molecule has 4 saturated carbocycles. The molecule has 5 aliphatic carbocycles. The Morgan fingerprint density at radius 1 is 0.861 bits per heavy atom. The van der Waals surface area contributed by atoms with E-state index in [9.17, 15) is 14.4 Å². The van der Waals surface area contributed by atoms with Crippen LogP contribution in [0.3, 0.4) is 0 Å². The first kappa shape index (κ1) is 25.8. The van der Waals surface area contributed by atoms with E-state index in [-0.39, 0.29) is 51.0 Å². The Bertz CT molecular complexity index is 1160. The van der Waals surface area contributed by atoms with Crippen LogP contribution in [0.1, 0.15) is 99.8 Å². The number of hydrogen-bond acceptors (Lipinski definition) is 4. The quantitative estimate of drug-likeness (QED) is 0.210. The highest BCUT2D eigenvalue weighted by Crippen LogP contribution is 2.78. The monoisotopic (exact) mass is 622 g/mol. The molecule has 0 radical (unpaired) electrons. The molecule has 8 atom stereocenters. The van der Waals surface area contributed by atoms with Crippen molar-refractivity contribution in [2.45, 2.75) is 109 Å². The second kappa shape index (κ2) is 6.80. The standard InChI is InChI=1S/C30H40Br2O4/c1-23(2)18-8-9-28(7)20(26(18,5)16-30(31,32)21(23)34)17(33)14-19-27(28,6)13-12-25(4)11-10-24(3)15-29(19,25)36-22(24)35/h14,18,20H,8-13,15-16H2,1-7H3/t18-,20+,24-,25+,26-,27+,28+,29+/m0/s1. The summed E-state index contributed by atoms with van der Waals surface area (Å²) < 4.78 is 5.66. The van der Waals surface area contributed by atoms with Crippen LogP contribution in [0.5, 0.6) is 0 Å². The van der Waals surface area contributed by atoms with Crippen LogP contribution in [0, 0.1) is 44.3 Å². The van der Waals surface area contributed by atoms with Crippen molar-refractivity contribution in [1.82, 2.24) is 0 Å². The summed E-state index contributed by atoms with van der Waals surface area (Å²) in [6.45, 7) is 15.5. The fourth-order valence-electron chi connectivity index (χ4n) is 10.9. The Balaban J connectivity index is 1.55. The summed E-state index contributed by atoms with van der Waals surface area (Å²) in [5.74, 6) is 0.218. The van der Waals surface area contributed by atoms with Crippen LogP contribution in [-0.4, -0.2) is 26.4 Å². The molecule has 5 fully saturated rings. The van der Waals surface area contributed by atoms with Crippen LogP contribution >= 0.6 is 31.9 Å². The Labute approximate surface area is 232 Å². The van der Waals surface area contributed by atoms with E-state index in [4.69, 9.17) is 4.74 Å². The number of hydrogen-bond donors (Lipinski definition) is 0. The molecule has 1 saturated heterocycles. The third kappa shape index (κ3) is 2.61. The number of carbonyl (C=O) groups is 3. The smallest absolute Gasteiger partial charge is 0.312 e. The zero-order valence-electron chi connectivity index (χ0n) is 22.8. The Morgan fingerprint density at radius 3 is 2.17 bits per heavy atom. The van der Waals surface area contributed by atoms with Crippen LogP contribution < -0.4 is 0 Å². The molecule has 6 aliphatic rings. The summed E-state index contributed by atoms with van der Waals surface area (Å²) in [6.07, 6.45) is 8.89. The van der Waals surface area contributed by atoms with E-state index < -0.39 is 19.7 Å². The van der Waals surface area contributed by atoms with Gasteiger partial charge >= 0.3 is 5.97 Å². The molecular weight excluding hydrogens is 584 g/mol. The predicted octanol–water partition coefficient (Wildman–Crippen LogP) is 7.31. The number of alkyl halides is 2. The van der Waals surface area contributed by atoms with Gasteiger partial charge in [-0.3, -0.25) is 14.4 Å². The maximum absolute atomic E-state index is 14.5. The van der Waals surface area contributed by atoms with Gasteiger partial charge in [0.25, 0.3) is 0 Å². The number of carbonyl (C=O) groups excluding carboxylic acids is 3. The minimum Gasteiger partial charge on any atom is -0.453 e. The predicted molar refractivity (Wildman–Crippen MR) is 146 cm³/mol. The van der Waals surface area contributed by atoms with Crippen molar-refractivity contribution in [3.63, 3.8) is 0 Å². The Morgan fingerprint density at radius 2 is 1.50 bits per heavy atom. The van der Waals surface area contributed by atoms with Crippen molar-refractivity contribution in [3.8, 4) is 0 Å². The Hall–Kier alpha value is -0.490. The van der Waals surface area contributed by atoms with Gasteiger partial charge in [0.15, 0.2) is 11.6 Å². The number of ketones is 2. The fraction of sp³-hybridized carbons (Fsp3) is 0.833. The first-order chi connectivity index (χ1) is 16.3. The maximum Gasteiger partial charge on any atom is 0.312 e. The SMILES string of the molecule is CC1(C)C(=O)C(Br)(Br)C[C@]2(C)[C@H]3C(=O)C=C4[C@@](C)(CC[C@@]5(C)CC[C@@]6(C)C[C@@]45OC6=O)[C@]3(C)CC[C@@H]12. The second-order valence-electron chi connectivity index (χ2n) is 15.2. The number of ether oxygens (including phenoxy) is 1. The third-order valence-corrected chi connectivity index (χ3v) is 14.4. The fourth-order valence-corrected chi connectivity index (χ4v) is 13.1. The zero-order valence-corrected chi connectivity index (χ0v) is 25.9. The van der Waals surface area contributed by atoms with Gasteiger partial charge in [-0.2, -0.15) is 0 Å². The molecule has 2 bridgehead atoms. The number of Topliss-reactive ketones (excluding diaryl/α,β-unsaturated/α-hetero) is 1. The van der Waals surface area contributed by atoms with Gasteiger partial charge in [-0.15, -0.1) is 0 Å². The first-order valence-corrected chi connectivity index (χ1v) is 15.3. The van der Waals surface area contributed by atoms with E-state index in [1.165, 1.54) is 0 Å². The zero-order chi connectivity index (χ0) is 26.5. The van der Waals surface area contributed by atoms with Gasteiger partial charge in [-0.25, -0.2) is 0 Å². The number of allylic oxidation sites excluding steroid dienone is 1. The number of halogens is 2. The van der Waals surface area contributed by atoms with E-state index >= 15 is 0 Å². The van der Waals surface area contributed by atoms with E-state index in [0.717, 1.165) is 44.1 Å². The molecule has 0 aromatic carbocycles. The molecule has 1 spiro atoms. The molecule has 0 aromatic heterocycles. The molecule has 1 aliphatic heterocycles. The minimum absolute atomic E-state index is 0.0809. The molecular formula is C30H40Br2O4. The van der Waals surface area contributed by atoms with Crippen molar-refractivity contribution in [2.24, 2.45) is 44.3 Å². The van der Waals surface area contributed by atoms with Gasteiger partial charge in [0.1, 0.15) is 8.83 Å². The highest BCUT2D eigenvalue weighted by molar-refractivity contribution is 9.25. The second-order valence-corrected chi connectivity index (χ2v) is 19.0.